The Morgan fingerprint density at radius 3 is 1.40 bits per heavy atom. The molecule has 0 aromatic rings. The highest BCUT2D eigenvalue weighted by molar-refractivity contribution is 9.28. The summed E-state index contributed by atoms with van der Waals surface area (Å²) in [4.78, 5) is 12.2. The number of hydrogen-bond donors (Lipinski definition) is 0. The molecule has 0 bridgehead atoms. The fourth-order valence-corrected chi connectivity index (χ4v) is 7.91. The standard InChI is InChI=1S/C23H48Br2O6Si4/c1-14-27-21(26)16-15-18(28-32(2,3)4)22(30-34(8,9)10)23(31-35(11,12)13)19(17-20(24)25)29-33(5,6)7/h15-19,22-23H,14H2,1-13H3/b16-15+/t18-,19+,22+,23+/m0/s1. The van der Waals surface area contributed by atoms with Crippen molar-refractivity contribution in [2.45, 2.75) is 110 Å². The van der Waals surface area contributed by atoms with Crippen LogP contribution in [0.5, 0.6) is 0 Å². The molecule has 0 amide bonds. The number of carbonyl (C=O) groups is 1. The van der Waals surface area contributed by atoms with Crippen LogP contribution in [0.1, 0.15) is 6.92 Å². The Hall–Kier alpha value is 0.618. The van der Waals surface area contributed by atoms with Gasteiger partial charge >= 0.3 is 5.97 Å². The molecule has 0 N–H and O–H groups in total. The summed E-state index contributed by atoms with van der Waals surface area (Å²) in [5, 5.41) is 0. The van der Waals surface area contributed by atoms with Gasteiger partial charge in [-0.1, -0.05) is 0 Å². The molecule has 0 aromatic heterocycles. The second-order valence-corrected chi connectivity index (χ2v) is 33.0. The average molecular weight is 693 g/mol. The minimum atomic E-state index is -2.08. The number of ether oxygens (including phenoxy) is 1. The molecule has 0 aliphatic carbocycles. The fraction of sp³-hybridized carbons (Fsp3) is 0.783. The van der Waals surface area contributed by atoms with Gasteiger partial charge in [-0.25, -0.2) is 4.79 Å². The van der Waals surface area contributed by atoms with Gasteiger partial charge in [0.1, 0.15) is 12.2 Å². The highest BCUT2D eigenvalue weighted by Crippen LogP contribution is 2.30. The molecule has 6 nitrogen and oxygen atoms in total. The minimum Gasteiger partial charge on any atom is -0.463 e. The van der Waals surface area contributed by atoms with Crippen LogP contribution in [0.25, 0.3) is 0 Å². The van der Waals surface area contributed by atoms with Crippen LogP contribution >= 0.6 is 31.9 Å². The molecule has 0 rings (SSSR count). The van der Waals surface area contributed by atoms with E-state index in [0.717, 1.165) is 3.39 Å². The zero-order chi connectivity index (χ0) is 27.8. The van der Waals surface area contributed by atoms with E-state index in [-0.39, 0.29) is 6.10 Å². The molecule has 0 aromatic carbocycles. The van der Waals surface area contributed by atoms with Crippen LogP contribution in [0.3, 0.4) is 0 Å². The molecule has 0 aliphatic heterocycles. The largest absolute Gasteiger partial charge is 0.463 e. The van der Waals surface area contributed by atoms with E-state index in [1.807, 2.05) is 6.08 Å². The van der Waals surface area contributed by atoms with Crippen molar-refractivity contribution in [3.8, 4) is 0 Å². The monoisotopic (exact) mass is 690 g/mol. The minimum absolute atomic E-state index is 0.315. The molecule has 12 heteroatoms. The van der Waals surface area contributed by atoms with Gasteiger partial charge in [-0.05, 0) is 129 Å². The first-order valence-electron chi connectivity index (χ1n) is 12.1. The smallest absolute Gasteiger partial charge is 0.330 e. The van der Waals surface area contributed by atoms with Crippen LogP contribution in [-0.2, 0) is 27.2 Å². The summed E-state index contributed by atoms with van der Waals surface area (Å²) < 4.78 is 32.9. The first-order chi connectivity index (χ1) is 15.5. The van der Waals surface area contributed by atoms with Gasteiger partial charge in [-0.2, -0.15) is 0 Å². The molecule has 0 heterocycles. The van der Waals surface area contributed by atoms with Gasteiger partial charge in [0, 0.05) is 6.08 Å². The first kappa shape index (κ1) is 35.6. The maximum absolute atomic E-state index is 12.2. The number of hydrogen-bond acceptors (Lipinski definition) is 6. The Morgan fingerprint density at radius 2 is 1.06 bits per heavy atom. The van der Waals surface area contributed by atoms with Crippen molar-refractivity contribution in [3.05, 3.63) is 21.6 Å². The van der Waals surface area contributed by atoms with Gasteiger partial charge in [0.25, 0.3) is 0 Å². The van der Waals surface area contributed by atoms with Crippen molar-refractivity contribution >= 4 is 71.1 Å². The van der Waals surface area contributed by atoms with E-state index in [9.17, 15) is 4.79 Å². The lowest BCUT2D eigenvalue weighted by molar-refractivity contribution is -0.137. The second-order valence-electron chi connectivity index (χ2n) is 12.3. The molecule has 0 fully saturated rings. The second kappa shape index (κ2) is 14.7. The van der Waals surface area contributed by atoms with Crippen molar-refractivity contribution in [2.24, 2.45) is 0 Å². The zero-order valence-corrected chi connectivity index (χ0v) is 31.1. The van der Waals surface area contributed by atoms with Crippen LogP contribution in [0.2, 0.25) is 78.6 Å². The van der Waals surface area contributed by atoms with E-state index in [1.165, 1.54) is 6.08 Å². The average Bonchev–Trinajstić information content (AvgIpc) is 2.57. The van der Waals surface area contributed by atoms with Gasteiger partial charge in [0.15, 0.2) is 33.3 Å². The normalized spacial score (nSPS) is 17.1. The summed E-state index contributed by atoms with van der Waals surface area (Å²) in [6.07, 6.45) is 3.40. The Morgan fingerprint density at radius 1 is 0.686 bits per heavy atom. The van der Waals surface area contributed by atoms with Crippen LogP contribution in [0.4, 0.5) is 0 Å². The third kappa shape index (κ3) is 18.5. The Balaban J connectivity index is 6.93. The van der Waals surface area contributed by atoms with Gasteiger partial charge in [0.05, 0.1) is 22.2 Å². The molecular weight excluding hydrogens is 644 g/mol. The van der Waals surface area contributed by atoms with E-state index in [1.54, 1.807) is 13.0 Å². The Bertz CT molecular complexity index is 717. The molecule has 0 spiro atoms. The third-order valence-corrected chi connectivity index (χ3v) is 8.37. The predicted molar refractivity (Wildman–Crippen MR) is 165 cm³/mol. The lowest BCUT2D eigenvalue weighted by atomic mass is 10.0. The van der Waals surface area contributed by atoms with Gasteiger partial charge < -0.3 is 22.4 Å². The van der Waals surface area contributed by atoms with Crippen molar-refractivity contribution in [2.75, 3.05) is 6.61 Å². The number of halogens is 2. The molecule has 206 valence electrons. The number of carbonyl (C=O) groups excluding carboxylic acids is 1. The van der Waals surface area contributed by atoms with Crippen LogP contribution < -0.4 is 0 Å². The highest BCUT2D eigenvalue weighted by atomic mass is 79.9. The fourth-order valence-electron chi connectivity index (χ4n) is 3.17. The topological polar surface area (TPSA) is 63.2 Å². The molecule has 0 saturated heterocycles. The summed E-state index contributed by atoms with van der Waals surface area (Å²) in [5.74, 6) is -0.399. The molecule has 0 saturated carbocycles. The summed E-state index contributed by atoms with van der Waals surface area (Å²) in [6, 6.07) is 0. The van der Waals surface area contributed by atoms with E-state index in [0.29, 0.717) is 6.61 Å². The lowest BCUT2D eigenvalue weighted by Gasteiger charge is -2.44. The predicted octanol–water partition coefficient (Wildman–Crippen LogP) is 7.62. The Labute approximate surface area is 235 Å². The summed E-state index contributed by atoms with van der Waals surface area (Å²) in [5.41, 5.74) is 0. The molecule has 35 heavy (non-hydrogen) atoms. The van der Waals surface area contributed by atoms with Gasteiger partial charge in [-0.3, -0.25) is 0 Å². The first-order valence-corrected chi connectivity index (χ1v) is 27.3. The summed E-state index contributed by atoms with van der Waals surface area (Å²) in [7, 11) is -8.16. The quantitative estimate of drug-likeness (QED) is 0.100. The number of esters is 1. The van der Waals surface area contributed by atoms with E-state index < -0.39 is 57.6 Å². The molecule has 4 atom stereocenters. The lowest BCUT2D eigenvalue weighted by Crippen LogP contribution is -2.57. The van der Waals surface area contributed by atoms with E-state index >= 15 is 0 Å². The molecular formula is C23H48Br2O6Si4. The molecule has 0 aliphatic rings. The van der Waals surface area contributed by atoms with Crippen molar-refractivity contribution in [1.82, 2.24) is 0 Å². The SMILES string of the molecule is CCOC(=O)/C=C/[C@H](O[Si](C)(C)C)[C@@H](O[Si](C)(C)C)[C@H](O[Si](C)(C)C)[C@@H](C=C(Br)Br)O[Si](C)(C)C. The maximum atomic E-state index is 12.2. The van der Waals surface area contributed by atoms with Gasteiger partial charge in [0.2, 0.25) is 0 Å². The van der Waals surface area contributed by atoms with Crippen molar-refractivity contribution in [1.29, 1.82) is 0 Å². The number of rotatable bonds is 15. The van der Waals surface area contributed by atoms with Crippen molar-refractivity contribution in [3.63, 3.8) is 0 Å². The summed E-state index contributed by atoms with van der Waals surface area (Å²) in [6.45, 7) is 27.9. The summed E-state index contributed by atoms with van der Waals surface area (Å²) >= 11 is 7.06. The molecule has 0 unspecified atom stereocenters. The van der Waals surface area contributed by atoms with Crippen LogP contribution in [0.15, 0.2) is 21.6 Å². The van der Waals surface area contributed by atoms with Gasteiger partial charge in [-0.15, -0.1) is 0 Å². The zero-order valence-electron chi connectivity index (χ0n) is 24.0. The molecule has 0 radical (unpaired) electrons. The van der Waals surface area contributed by atoms with Crippen LogP contribution in [-0.4, -0.2) is 70.3 Å². The van der Waals surface area contributed by atoms with E-state index in [2.05, 4.69) is 110 Å². The maximum Gasteiger partial charge on any atom is 0.330 e. The van der Waals surface area contributed by atoms with E-state index in [4.69, 9.17) is 22.4 Å². The highest BCUT2D eigenvalue weighted by Gasteiger charge is 2.43. The Kier molecular flexibility index (Phi) is 14.9. The van der Waals surface area contributed by atoms with Crippen molar-refractivity contribution < 1.29 is 27.2 Å². The van der Waals surface area contributed by atoms with Crippen LogP contribution in [0, 0.1) is 0 Å². The third-order valence-electron chi connectivity index (χ3n) is 3.93.